The number of aryl methyl sites for hydroxylation is 1. The molecule has 0 radical (unpaired) electrons. The summed E-state index contributed by atoms with van der Waals surface area (Å²) in [4.78, 5) is 18.7. The van der Waals surface area contributed by atoms with Crippen LogP contribution < -0.4 is 5.32 Å². The van der Waals surface area contributed by atoms with Crippen molar-refractivity contribution < 1.29 is 0 Å². The number of nitrogens with zero attached hydrogens (tertiary/aromatic N) is 5. The molecule has 0 saturated carbocycles. The lowest BCUT2D eigenvalue weighted by Gasteiger charge is -2.17. The third-order valence-corrected chi connectivity index (χ3v) is 6.59. The summed E-state index contributed by atoms with van der Waals surface area (Å²) >= 11 is 0. The summed E-state index contributed by atoms with van der Waals surface area (Å²) in [6, 6.07) is 31.0. The summed E-state index contributed by atoms with van der Waals surface area (Å²) in [7, 11) is 0. The van der Waals surface area contributed by atoms with Crippen molar-refractivity contribution in [3.63, 3.8) is 0 Å². The third kappa shape index (κ3) is 4.57. The van der Waals surface area contributed by atoms with Crippen molar-refractivity contribution in [2.24, 2.45) is 0 Å². The van der Waals surface area contributed by atoms with E-state index in [9.17, 15) is 0 Å². The first kappa shape index (κ1) is 22.6. The molecule has 0 aliphatic rings. The number of rotatable bonds is 6. The van der Waals surface area contributed by atoms with Crippen LogP contribution in [0.25, 0.3) is 39.2 Å². The first-order valence-electron chi connectivity index (χ1n) is 12.3. The highest BCUT2D eigenvalue weighted by atomic mass is 15.2. The summed E-state index contributed by atoms with van der Waals surface area (Å²) in [6.07, 6.45) is 5.43. The number of anilines is 1. The highest BCUT2D eigenvalue weighted by Gasteiger charge is 2.15. The second-order valence-corrected chi connectivity index (χ2v) is 9.08. The van der Waals surface area contributed by atoms with Crippen LogP contribution in [-0.2, 0) is 0 Å². The monoisotopic (exact) mass is 482 g/mol. The van der Waals surface area contributed by atoms with Crippen LogP contribution in [0.2, 0.25) is 0 Å². The van der Waals surface area contributed by atoms with Crippen molar-refractivity contribution in [1.29, 1.82) is 0 Å². The number of hydrogen-bond acceptors (Lipinski definition) is 5. The van der Waals surface area contributed by atoms with Crippen molar-refractivity contribution >= 4 is 17.0 Å². The topological polar surface area (TPSA) is 68.5 Å². The summed E-state index contributed by atoms with van der Waals surface area (Å²) in [6.45, 7) is 4.22. The third-order valence-electron chi connectivity index (χ3n) is 6.59. The predicted molar refractivity (Wildman–Crippen MR) is 149 cm³/mol. The molecular formula is C31H26N6. The molecule has 1 N–H and O–H groups in total. The molecule has 0 fully saturated rings. The van der Waals surface area contributed by atoms with Crippen LogP contribution in [0, 0.1) is 6.92 Å². The quantitative estimate of drug-likeness (QED) is 0.276. The SMILES string of the molecule is Cc1ccccc1-c1cc(-n2cnc3cc(-c4ccncc4)ccc32)nc(N[C@@H](C)c2ccccc2)n1. The van der Waals surface area contributed by atoms with Crippen molar-refractivity contribution in [1.82, 2.24) is 24.5 Å². The van der Waals surface area contributed by atoms with Gasteiger partial charge in [0, 0.05) is 24.0 Å². The maximum absolute atomic E-state index is 4.92. The Balaban J connectivity index is 1.44. The van der Waals surface area contributed by atoms with Crippen molar-refractivity contribution in [2.75, 3.05) is 5.32 Å². The minimum absolute atomic E-state index is 0.0450. The number of aromatic nitrogens is 5. The van der Waals surface area contributed by atoms with Crippen molar-refractivity contribution in [3.8, 4) is 28.2 Å². The van der Waals surface area contributed by atoms with Crippen LogP contribution in [0.3, 0.4) is 0 Å². The minimum Gasteiger partial charge on any atom is -0.348 e. The average Bonchev–Trinajstić information content (AvgIpc) is 3.37. The zero-order valence-corrected chi connectivity index (χ0v) is 20.7. The van der Waals surface area contributed by atoms with Gasteiger partial charge in [0.1, 0.15) is 12.1 Å². The highest BCUT2D eigenvalue weighted by molar-refractivity contribution is 5.83. The van der Waals surface area contributed by atoms with Gasteiger partial charge in [0.2, 0.25) is 5.95 Å². The molecule has 0 amide bonds. The lowest BCUT2D eigenvalue weighted by atomic mass is 10.1. The van der Waals surface area contributed by atoms with E-state index in [1.54, 1.807) is 12.4 Å². The van der Waals surface area contributed by atoms with E-state index in [0.29, 0.717) is 5.95 Å². The maximum Gasteiger partial charge on any atom is 0.225 e. The molecule has 6 rings (SSSR count). The first-order chi connectivity index (χ1) is 18.2. The lowest BCUT2D eigenvalue weighted by molar-refractivity contribution is 0.855. The van der Waals surface area contributed by atoms with Crippen LogP contribution >= 0.6 is 0 Å². The van der Waals surface area contributed by atoms with E-state index in [-0.39, 0.29) is 6.04 Å². The molecule has 6 nitrogen and oxygen atoms in total. The fourth-order valence-corrected chi connectivity index (χ4v) is 4.56. The van der Waals surface area contributed by atoms with Crippen LogP contribution in [0.1, 0.15) is 24.1 Å². The zero-order chi connectivity index (χ0) is 25.2. The lowest BCUT2D eigenvalue weighted by Crippen LogP contribution is -2.11. The van der Waals surface area contributed by atoms with Crippen LogP contribution in [0.5, 0.6) is 0 Å². The number of benzene rings is 3. The largest absolute Gasteiger partial charge is 0.348 e. The van der Waals surface area contributed by atoms with Gasteiger partial charge >= 0.3 is 0 Å². The standard InChI is InChI=1S/C31H26N6/c1-21-8-6-7-11-26(21)27-19-30(36-31(35-27)34-22(2)23-9-4-3-5-10-23)37-20-33-28-18-25(12-13-29(28)37)24-14-16-32-17-15-24/h3-20,22H,1-2H3,(H,34,35,36)/t22-/m0/s1. The fourth-order valence-electron chi connectivity index (χ4n) is 4.56. The normalized spacial score (nSPS) is 11.9. The van der Waals surface area contributed by atoms with Gasteiger partial charge in [-0.15, -0.1) is 0 Å². The summed E-state index contributed by atoms with van der Waals surface area (Å²) in [5.41, 5.74) is 8.36. The molecule has 3 aromatic carbocycles. The van der Waals surface area contributed by atoms with E-state index >= 15 is 0 Å². The molecule has 0 unspecified atom stereocenters. The van der Waals surface area contributed by atoms with Gasteiger partial charge in [0.05, 0.1) is 22.8 Å². The van der Waals surface area contributed by atoms with E-state index < -0.39 is 0 Å². The van der Waals surface area contributed by atoms with Gasteiger partial charge in [-0.25, -0.2) is 9.97 Å². The second kappa shape index (κ2) is 9.66. The maximum atomic E-state index is 4.92. The zero-order valence-electron chi connectivity index (χ0n) is 20.7. The van der Waals surface area contributed by atoms with Crippen molar-refractivity contribution in [2.45, 2.75) is 19.9 Å². The summed E-state index contributed by atoms with van der Waals surface area (Å²) in [5, 5.41) is 3.51. The Bertz CT molecular complexity index is 1680. The molecule has 37 heavy (non-hydrogen) atoms. The number of fused-ring (bicyclic) bond motifs is 1. The predicted octanol–water partition coefficient (Wildman–Crippen LogP) is 7.03. The molecule has 0 aliphatic carbocycles. The van der Waals surface area contributed by atoms with Gasteiger partial charge in [-0.05, 0) is 60.4 Å². The molecule has 1 atom stereocenters. The van der Waals surface area contributed by atoms with Gasteiger partial charge in [-0.2, -0.15) is 4.98 Å². The average molecular weight is 483 g/mol. The van der Waals surface area contributed by atoms with E-state index in [2.05, 4.69) is 66.6 Å². The van der Waals surface area contributed by atoms with Crippen LogP contribution in [0.4, 0.5) is 5.95 Å². The Morgan fingerprint density at radius 2 is 1.57 bits per heavy atom. The van der Waals surface area contributed by atoms with E-state index in [0.717, 1.165) is 44.8 Å². The molecule has 0 spiro atoms. The van der Waals surface area contributed by atoms with Gasteiger partial charge < -0.3 is 5.32 Å². The molecule has 0 aliphatic heterocycles. The van der Waals surface area contributed by atoms with E-state index in [1.807, 2.05) is 59.4 Å². The minimum atomic E-state index is 0.0450. The Labute approximate surface area is 215 Å². The Kier molecular flexibility index (Phi) is 5.91. The molecule has 0 bridgehead atoms. The van der Waals surface area contributed by atoms with Gasteiger partial charge in [0.25, 0.3) is 0 Å². The van der Waals surface area contributed by atoms with Gasteiger partial charge in [-0.1, -0.05) is 60.7 Å². The Morgan fingerprint density at radius 1 is 0.784 bits per heavy atom. The number of imidazole rings is 1. The van der Waals surface area contributed by atoms with Gasteiger partial charge in [-0.3, -0.25) is 9.55 Å². The smallest absolute Gasteiger partial charge is 0.225 e. The molecule has 0 saturated heterocycles. The fraction of sp³-hybridized carbons (Fsp3) is 0.0968. The first-order valence-corrected chi connectivity index (χ1v) is 12.3. The molecular weight excluding hydrogens is 456 g/mol. The Morgan fingerprint density at radius 3 is 2.38 bits per heavy atom. The van der Waals surface area contributed by atoms with E-state index in [4.69, 9.17) is 15.0 Å². The summed E-state index contributed by atoms with van der Waals surface area (Å²) in [5.74, 6) is 1.33. The molecule has 180 valence electrons. The number of pyridine rings is 1. The van der Waals surface area contributed by atoms with Gasteiger partial charge in [0.15, 0.2) is 0 Å². The van der Waals surface area contributed by atoms with Crippen molar-refractivity contribution in [3.05, 3.63) is 121 Å². The Hall–Kier alpha value is -4.84. The van der Waals surface area contributed by atoms with Crippen LogP contribution in [-0.4, -0.2) is 24.5 Å². The van der Waals surface area contributed by atoms with E-state index in [1.165, 1.54) is 5.56 Å². The summed E-state index contributed by atoms with van der Waals surface area (Å²) < 4.78 is 2.02. The number of hydrogen-bond donors (Lipinski definition) is 1. The molecule has 3 heterocycles. The molecule has 6 aromatic rings. The number of nitrogens with one attached hydrogen (secondary N) is 1. The second-order valence-electron chi connectivity index (χ2n) is 9.08. The highest BCUT2D eigenvalue weighted by Crippen LogP contribution is 2.29. The van der Waals surface area contributed by atoms with Crippen LogP contribution in [0.15, 0.2) is 110 Å². The molecule has 3 aromatic heterocycles. The molecule has 6 heteroatoms.